The molecule has 4 rings (SSSR count). The molecule has 2 heterocycles. The molecule has 0 radical (unpaired) electrons. The minimum atomic E-state index is -2.08. The van der Waals surface area contributed by atoms with Crippen molar-refractivity contribution < 1.29 is 134 Å². The number of imide groups is 2. The molecule has 40 nitrogen and oxygen atoms in total. The van der Waals surface area contributed by atoms with Crippen molar-refractivity contribution in [1.29, 1.82) is 0 Å². The summed E-state index contributed by atoms with van der Waals surface area (Å²) in [6.45, 7) is 18.9. The number of rotatable bonds is 55. The van der Waals surface area contributed by atoms with Gasteiger partial charge in [-0.1, -0.05) is 24.3 Å². The Morgan fingerprint density at radius 1 is 0.336 bits per heavy atom. The lowest BCUT2D eigenvalue weighted by molar-refractivity contribution is -0.157. The predicted molar refractivity (Wildman–Crippen MR) is 437 cm³/mol. The van der Waals surface area contributed by atoms with Crippen molar-refractivity contribution in [3.63, 3.8) is 0 Å². The maximum absolute atomic E-state index is 14.1. The fourth-order valence-electron chi connectivity index (χ4n) is 11.2. The lowest BCUT2D eigenvalue weighted by Gasteiger charge is -2.35. The molecule has 0 fully saturated rings. The van der Waals surface area contributed by atoms with Crippen molar-refractivity contribution in [2.75, 3.05) is 116 Å². The lowest BCUT2D eigenvalue weighted by Crippen LogP contribution is -2.66. The molecule has 40 heteroatoms. The molecule has 2 unspecified atom stereocenters. The van der Waals surface area contributed by atoms with E-state index in [0.717, 1.165) is 24.3 Å². The molecule has 0 bridgehead atoms. The van der Waals surface area contributed by atoms with Gasteiger partial charge >= 0.3 is 24.1 Å². The molecule has 0 aliphatic carbocycles. The molecule has 0 spiro atoms. The molecule has 14 amide bonds. The Morgan fingerprint density at radius 2 is 0.631 bits per heavy atom. The molecular formula is C82H122N12O28. The van der Waals surface area contributed by atoms with Gasteiger partial charge in [-0.25, -0.2) is 9.59 Å². The first-order valence-electron chi connectivity index (χ1n) is 40.3. The van der Waals surface area contributed by atoms with E-state index in [4.69, 9.17) is 47.4 Å². The standard InChI is InChI=1S/C82H122N12O28/c1-79(2,3)119-67(103)49-59(73(107)87-55-23-19-53(51-95)20-24-55)91-71(105)57(17-13-15-33-85-77(111)121-81(7,8)9)89-61(97)31-37-113-41-45-117-47-43-115-39-35-83-75(109)69(93-63(99)27-28-64(93)100)70(94-65(101)29-30-66(94)102)76(110)84-36-40-116-44-48-118-46-42-114-38-32-62(98)90-58(18-14-16-34-86-78(112)122-82(10,11)12)72(106)92-60(50-68(104)120-80(4,5)6)74(108)88-56-25-21-54(52-96)22-26-56/h19-30,57-60,69-70,95-96H,13-18,31-52H2,1-12H3,(H,83,109)(H,84,110)(H,85,111)(H,86,112)(H,87,107)(H,88,108)(H,89,97)(H,90,98)(H,91,105)(H,92,106)/t57-,58-,59-,60-,69?,70?/m0/s1. The molecule has 6 atom stereocenters. The molecule has 0 saturated carbocycles. The number of carbonyl (C=O) groups is 16. The Bertz CT molecular complexity index is 3590. The third kappa shape index (κ3) is 42.6. The number of nitrogens with zero attached hydrogens (tertiary/aromatic N) is 2. The summed E-state index contributed by atoms with van der Waals surface area (Å²) in [6.07, 6.45) is 1.96. The van der Waals surface area contributed by atoms with Crippen LogP contribution in [0.1, 0.15) is 158 Å². The van der Waals surface area contributed by atoms with Crippen LogP contribution in [0.3, 0.4) is 0 Å². The van der Waals surface area contributed by atoms with Gasteiger partial charge in [0.15, 0.2) is 0 Å². The third-order valence-electron chi connectivity index (χ3n) is 16.7. The monoisotopic (exact) mass is 1720 g/mol. The number of hydrogen-bond acceptors (Lipinski definition) is 28. The van der Waals surface area contributed by atoms with Crippen LogP contribution in [0.2, 0.25) is 0 Å². The molecule has 0 saturated heterocycles. The van der Waals surface area contributed by atoms with Crippen molar-refractivity contribution >= 4 is 106 Å². The van der Waals surface area contributed by atoms with Crippen LogP contribution in [0.15, 0.2) is 72.8 Å². The summed E-state index contributed by atoms with van der Waals surface area (Å²) in [6, 6.07) is 2.92. The Balaban J connectivity index is 1.23. The van der Waals surface area contributed by atoms with Gasteiger partial charge in [0.1, 0.15) is 58.7 Å². The van der Waals surface area contributed by atoms with E-state index in [1.165, 1.54) is 24.3 Å². The first-order chi connectivity index (χ1) is 57.5. The SMILES string of the molecule is CC(C)(C)OC(=O)C[C@H](NC(=O)[C@H](CCCCNC(=O)OC(C)(C)C)NC(=O)CCOCCOCCOCCNC(=O)C(C(C(=O)NCCOCCOCCOCCC(=O)N[C@@H](CCCCNC(=O)OC(C)(C)C)C(=O)N[C@@H](CC(=O)OC(C)(C)C)C(=O)Nc1ccc(CO)cc1)N1C(=O)C=CC1=O)N1C(=O)C=CC1=O)C(=O)Nc1ccc(CO)cc1. The summed E-state index contributed by atoms with van der Waals surface area (Å²) in [5.41, 5.74) is -1.56. The summed E-state index contributed by atoms with van der Waals surface area (Å²) < 4.78 is 55.0. The number of aliphatic hydroxyl groups excluding tert-OH is 2. The zero-order valence-electron chi connectivity index (χ0n) is 71.6. The zero-order chi connectivity index (χ0) is 90.6. The van der Waals surface area contributed by atoms with Gasteiger partial charge in [-0.15, -0.1) is 0 Å². The van der Waals surface area contributed by atoms with Crippen LogP contribution >= 0.6 is 0 Å². The van der Waals surface area contributed by atoms with E-state index in [1.807, 2.05) is 0 Å². The van der Waals surface area contributed by atoms with E-state index in [-0.39, 0.29) is 144 Å². The molecule has 0 aromatic heterocycles. The Kier molecular flexibility index (Phi) is 45.0. The van der Waals surface area contributed by atoms with E-state index in [9.17, 15) is 86.9 Å². The Hall–Kier alpha value is -10.9. The van der Waals surface area contributed by atoms with E-state index >= 15 is 0 Å². The van der Waals surface area contributed by atoms with Gasteiger partial charge in [0.25, 0.3) is 23.6 Å². The largest absolute Gasteiger partial charge is 0.460 e. The van der Waals surface area contributed by atoms with Crippen LogP contribution in [-0.4, -0.2) is 279 Å². The molecular weight excluding hydrogens is 1600 g/mol. The summed E-state index contributed by atoms with van der Waals surface area (Å²) in [5, 5.41) is 45.0. The first kappa shape index (κ1) is 103. The maximum atomic E-state index is 14.1. The van der Waals surface area contributed by atoms with Gasteiger partial charge in [-0.2, -0.15) is 0 Å². The molecule has 678 valence electrons. The molecule has 2 aliphatic heterocycles. The number of amides is 14. The van der Waals surface area contributed by atoms with Gasteiger partial charge in [0, 0.05) is 74.7 Å². The zero-order valence-corrected chi connectivity index (χ0v) is 71.6. The quantitative estimate of drug-likeness (QED) is 0.0194. The minimum absolute atomic E-state index is 0.00949. The number of carbonyl (C=O) groups excluding carboxylic acids is 16. The van der Waals surface area contributed by atoms with Crippen molar-refractivity contribution in [3.05, 3.63) is 84.0 Å². The van der Waals surface area contributed by atoms with Gasteiger partial charge in [0.2, 0.25) is 47.3 Å². The second-order valence-corrected chi connectivity index (χ2v) is 31.9. The van der Waals surface area contributed by atoms with Gasteiger partial charge < -0.3 is 111 Å². The highest BCUT2D eigenvalue weighted by molar-refractivity contribution is 6.19. The van der Waals surface area contributed by atoms with Crippen molar-refractivity contribution in [2.24, 2.45) is 0 Å². The number of aliphatic hydroxyl groups is 2. The van der Waals surface area contributed by atoms with Gasteiger partial charge in [-0.3, -0.25) is 76.9 Å². The number of anilines is 2. The Labute approximate surface area is 709 Å². The smallest absolute Gasteiger partial charge is 0.407 e. The second kappa shape index (κ2) is 53.1. The van der Waals surface area contributed by atoms with E-state index in [2.05, 4.69) is 53.2 Å². The molecule has 2 aromatic carbocycles. The van der Waals surface area contributed by atoms with Gasteiger partial charge in [-0.05, 0) is 157 Å². The minimum Gasteiger partial charge on any atom is -0.460 e. The normalized spacial score (nSPS) is 14.3. The van der Waals surface area contributed by atoms with Crippen LogP contribution in [0.25, 0.3) is 0 Å². The number of esters is 2. The highest BCUT2D eigenvalue weighted by Crippen LogP contribution is 2.23. The van der Waals surface area contributed by atoms with Crippen LogP contribution in [0.5, 0.6) is 0 Å². The van der Waals surface area contributed by atoms with Crippen LogP contribution in [-0.2, 0) is 128 Å². The summed E-state index contributed by atoms with van der Waals surface area (Å²) in [7, 11) is 0. The van der Waals surface area contributed by atoms with E-state index in [1.54, 1.807) is 107 Å². The van der Waals surface area contributed by atoms with E-state index < -0.39 is 167 Å². The maximum Gasteiger partial charge on any atom is 0.407 e. The summed E-state index contributed by atoms with van der Waals surface area (Å²) >= 11 is 0. The fourth-order valence-corrected chi connectivity index (χ4v) is 11.2. The highest BCUT2D eigenvalue weighted by Gasteiger charge is 2.50. The van der Waals surface area contributed by atoms with Crippen LogP contribution in [0, 0.1) is 0 Å². The molecule has 122 heavy (non-hydrogen) atoms. The summed E-state index contributed by atoms with van der Waals surface area (Å²) in [4.78, 5) is 214. The topological polar surface area (TPSA) is 533 Å². The van der Waals surface area contributed by atoms with Crippen molar-refractivity contribution in [1.82, 2.24) is 52.3 Å². The van der Waals surface area contributed by atoms with Crippen LogP contribution in [0.4, 0.5) is 21.0 Å². The molecule has 2 aliphatic rings. The highest BCUT2D eigenvalue weighted by atomic mass is 16.6. The number of ether oxygens (including phenoxy) is 10. The average Bonchev–Trinajstić information content (AvgIpc) is 1.60. The summed E-state index contributed by atoms with van der Waals surface area (Å²) in [5.74, 6) is -12.2. The number of hydrogen-bond donors (Lipinski definition) is 12. The first-order valence-corrected chi connectivity index (χ1v) is 40.3. The number of unbranched alkanes of at least 4 members (excludes halogenated alkanes) is 2. The average molecular weight is 1720 g/mol. The number of alkyl carbamates (subject to hydrolysis) is 2. The lowest BCUT2D eigenvalue weighted by atomic mass is 10.0. The fraction of sp³-hybridized carbons (Fsp3) is 0.610. The predicted octanol–water partition coefficient (Wildman–Crippen LogP) is 1.74. The van der Waals surface area contributed by atoms with E-state index in [0.29, 0.717) is 58.0 Å². The second-order valence-electron chi connectivity index (χ2n) is 31.9. The van der Waals surface area contributed by atoms with Crippen molar-refractivity contribution in [2.45, 2.75) is 219 Å². The van der Waals surface area contributed by atoms with Crippen LogP contribution < -0.4 is 53.2 Å². The molecule has 12 N–H and O–H groups in total. The van der Waals surface area contributed by atoms with Gasteiger partial charge in [0.05, 0.1) is 105 Å². The Morgan fingerprint density at radius 3 is 0.926 bits per heavy atom. The van der Waals surface area contributed by atoms with Crippen molar-refractivity contribution in [3.8, 4) is 0 Å². The number of benzene rings is 2. The third-order valence-corrected chi connectivity index (χ3v) is 16.7. The molecule has 2 aromatic rings. The number of nitrogens with one attached hydrogen (secondary N) is 10.